The zero-order chi connectivity index (χ0) is 27.4. The smallest absolute Gasteiger partial charge is 0.217 e. The third kappa shape index (κ3) is 5.42. The van der Waals surface area contributed by atoms with Gasteiger partial charge in [0.2, 0.25) is 5.88 Å². The third-order valence-electron chi connectivity index (χ3n) is 7.35. The van der Waals surface area contributed by atoms with Crippen LogP contribution in [0, 0.1) is 5.82 Å². The minimum Gasteiger partial charge on any atom is -0.481 e. The molecule has 0 spiro atoms. The molecular formula is C34H33FN2O2. The molecule has 0 saturated heterocycles. The number of benzene rings is 4. The number of methoxy groups -OCH3 is 1. The Kier molecular flexibility index (Phi) is 7.73. The Morgan fingerprint density at radius 1 is 0.872 bits per heavy atom. The molecule has 0 radical (unpaired) electrons. The van der Waals surface area contributed by atoms with E-state index in [-0.39, 0.29) is 5.82 Å². The normalized spacial score (nSPS) is 13.8. The van der Waals surface area contributed by atoms with Crippen molar-refractivity contribution in [3.8, 4) is 17.0 Å². The van der Waals surface area contributed by atoms with Gasteiger partial charge in [-0.1, -0.05) is 84.9 Å². The van der Waals surface area contributed by atoms with E-state index >= 15 is 0 Å². The Morgan fingerprint density at radius 2 is 1.59 bits per heavy atom. The number of nitrogens with zero attached hydrogens (tertiary/aromatic N) is 2. The second kappa shape index (κ2) is 11.4. The number of fused-ring (bicyclic) bond motifs is 1. The molecular weight excluding hydrogens is 487 g/mol. The highest BCUT2D eigenvalue weighted by Gasteiger charge is 2.43. The molecule has 4 aromatic carbocycles. The van der Waals surface area contributed by atoms with Gasteiger partial charge in [0.05, 0.1) is 7.11 Å². The van der Waals surface area contributed by atoms with Gasteiger partial charge in [-0.3, -0.25) is 0 Å². The zero-order valence-corrected chi connectivity index (χ0v) is 22.5. The van der Waals surface area contributed by atoms with Gasteiger partial charge < -0.3 is 14.7 Å². The first-order valence-electron chi connectivity index (χ1n) is 13.1. The van der Waals surface area contributed by atoms with Crippen molar-refractivity contribution in [2.45, 2.75) is 17.9 Å². The summed E-state index contributed by atoms with van der Waals surface area (Å²) in [4.78, 5) is 6.73. The van der Waals surface area contributed by atoms with Crippen LogP contribution in [0.5, 0.6) is 5.88 Å². The number of halogens is 1. The number of hydrogen-bond acceptors (Lipinski definition) is 4. The molecule has 198 valence electrons. The largest absolute Gasteiger partial charge is 0.481 e. The quantitative estimate of drug-likeness (QED) is 0.227. The van der Waals surface area contributed by atoms with Crippen molar-refractivity contribution >= 4 is 10.8 Å². The molecule has 5 aromatic rings. The van der Waals surface area contributed by atoms with Crippen molar-refractivity contribution in [1.29, 1.82) is 0 Å². The van der Waals surface area contributed by atoms with Gasteiger partial charge in [0.15, 0.2) is 0 Å². The predicted molar refractivity (Wildman–Crippen MR) is 155 cm³/mol. The Labute approximate surface area is 229 Å². The van der Waals surface area contributed by atoms with E-state index in [9.17, 15) is 9.50 Å². The van der Waals surface area contributed by atoms with Crippen LogP contribution in [0.15, 0.2) is 109 Å². The summed E-state index contributed by atoms with van der Waals surface area (Å²) in [7, 11) is 5.61. The van der Waals surface area contributed by atoms with E-state index in [1.807, 2.05) is 80.8 Å². The topological polar surface area (TPSA) is 45.6 Å². The first-order valence-corrected chi connectivity index (χ1v) is 13.1. The Bertz CT molecular complexity index is 1570. The molecule has 1 N–H and O–H groups in total. The van der Waals surface area contributed by atoms with Crippen LogP contribution in [-0.4, -0.2) is 42.7 Å². The van der Waals surface area contributed by atoms with Crippen LogP contribution >= 0.6 is 0 Å². The van der Waals surface area contributed by atoms with E-state index in [0.29, 0.717) is 24.4 Å². The summed E-state index contributed by atoms with van der Waals surface area (Å²) in [5.41, 5.74) is 2.64. The summed E-state index contributed by atoms with van der Waals surface area (Å²) in [5.74, 6) is -0.421. The van der Waals surface area contributed by atoms with Crippen LogP contribution in [0.3, 0.4) is 0 Å². The molecule has 0 saturated carbocycles. The average Bonchev–Trinajstić information content (AvgIpc) is 2.96. The molecule has 5 heteroatoms. The predicted octanol–water partition coefficient (Wildman–Crippen LogP) is 7.02. The molecule has 0 fully saturated rings. The van der Waals surface area contributed by atoms with Gasteiger partial charge in [0, 0.05) is 29.8 Å². The zero-order valence-electron chi connectivity index (χ0n) is 22.5. The van der Waals surface area contributed by atoms with Crippen LogP contribution in [0.4, 0.5) is 4.39 Å². The SMILES string of the molecule is COc1ncc(-c2cccc(F)c2)cc1C(c1ccccc1)C(O)(CCN(C)C)c1cccc2ccccc12. The lowest BCUT2D eigenvalue weighted by Gasteiger charge is -2.39. The Morgan fingerprint density at radius 3 is 2.33 bits per heavy atom. The number of aromatic nitrogens is 1. The molecule has 2 atom stereocenters. The second-order valence-corrected chi connectivity index (χ2v) is 10.2. The number of hydrogen-bond donors (Lipinski definition) is 1. The van der Waals surface area contributed by atoms with E-state index in [4.69, 9.17) is 4.74 Å². The maximum absolute atomic E-state index is 14.2. The summed E-state index contributed by atoms with van der Waals surface area (Å²) in [5, 5.41) is 15.1. The molecule has 1 heterocycles. The molecule has 2 unspecified atom stereocenters. The molecule has 0 amide bonds. The van der Waals surface area contributed by atoms with Crippen molar-refractivity contribution in [1.82, 2.24) is 9.88 Å². The number of ether oxygens (including phenoxy) is 1. The van der Waals surface area contributed by atoms with E-state index in [1.165, 1.54) is 12.1 Å². The molecule has 1 aromatic heterocycles. The molecule has 4 nitrogen and oxygen atoms in total. The molecule has 0 aliphatic carbocycles. The van der Waals surface area contributed by atoms with Crippen LogP contribution in [0.25, 0.3) is 21.9 Å². The van der Waals surface area contributed by atoms with E-state index < -0.39 is 11.5 Å². The van der Waals surface area contributed by atoms with E-state index in [0.717, 1.165) is 33.0 Å². The lowest BCUT2D eigenvalue weighted by atomic mass is 9.70. The summed E-state index contributed by atoms with van der Waals surface area (Å²) in [6.07, 6.45) is 2.15. The van der Waals surface area contributed by atoms with Crippen molar-refractivity contribution in [2.75, 3.05) is 27.7 Å². The van der Waals surface area contributed by atoms with Crippen LogP contribution < -0.4 is 4.74 Å². The molecule has 0 aliphatic heterocycles. The Hall–Kier alpha value is -4.06. The van der Waals surface area contributed by atoms with Gasteiger partial charge in [-0.05, 0) is 66.2 Å². The summed E-state index contributed by atoms with van der Waals surface area (Å²) in [6.45, 7) is 0.655. The maximum Gasteiger partial charge on any atom is 0.217 e. The second-order valence-electron chi connectivity index (χ2n) is 10.2. The third-order valence-corrected chi connectivity index (χ3v) is 7.35. The highest BCUT2D eigenvalue weighted by Crippen LogP contribution is 2.49. The monoisotopic (exact) mass is 520 g/mol. The minimum atomic E-state index is -1.33. The first kappa shape index (κ1) is 26.5. The number of pyridine rings is 1. The van der Waals surface area contributed by atoms with Crippen molar-refractivity contribution < 1.29 is 14.2 Å². The van der Waals surface area contributed by atoms with Crippen LogP contribution in [0.1, 0.15) is 29.0 Å². The lowest BCUT2D eigenvalue weighted by molar-refractivity contribution is 0.00517. The lowest BCUT2D eigenvalue weighted by Crippen LogP contribution is -2.38. The van der Waals surface area contributed by atoms with Gasteiger partial charge in [-0.25, -0.2) is 9.37 Å². The molecule has 5 rings (SSSR count). The van der Waals surface area contributed by atoms with Gasteiger partial charge in [0.25, 0.3) is 0 Å². The maximum atomic E-state index is 14.2. The van der Waals surface area contributed by atoms with Crippen molar-refractivity contribution in [3.05, 3.63) is 132 Å². The fraction of sp³-hybridized carbons (Fsp3) is 0.206. The first-order chi connectivity index (χ1) is 18.9. The summed E-state index contributed by atoms with van der Waals surface area (Å²) < 4.78 is 20.0. The van der Waals surface area contributed by atoms with Gasteiger partial charge in [-0.2, -0.15) is 0 Å². The van der Waals surface area contributed by atoms with Crippen LogP contribution in [-0.2, 0) is 5.60 Å². The van der Waals surface area contributed by atoms with Gasteiger partial charge in [-0.15, -0.1) is 0 Å². The minimum absolute atomic E-state index is 0.317. The van der Waals surface area contributed by atoms with Crippen LogP contribution in [0.2, 0.25) is 0 Å². The van der Waals surface area contributed by atoms with Crippen molar-refractivity contribution in [2.24, 2.45) is 0 Å². The van der Waals surface area contributed by atoms with Gasteiger partial charge in [0.1, 0.15) is 11.4 Å². The number of rotatable bonds is 9. The van der Waals surface area contributed by atoms with E-state index in [2.05, 4.69) is 28.1 Å². The molecule has 39 heavy (non-hydrogen) atoms. The summed E-state index contributed by atoms with van der Waals surface area (Å²) in [6, 6.07) is 32.7. The molecule has 0 bridgehead atoms. The highest BCUT2D eigenvalue weighted by atomic mass is 19.1. The fourth-order valence-corrected chi connectivity index (χ4v) is 5.46. The number of aliphatic hydroxyl groups is 1. The average molecular weight is 521 g/mol. The molecule has 0 aliphatic rings. The fourth-order valence-electron chi connectivity index (χ4n) is 5.46. The van der Waals surface area contributed by atoms with Crippen molar-refractivity contribution in [3.63, 3.8) is 0 Å². The Balaban J connectivity index is 1.81. The van der Waals surface area contributed by atoms with E-state index in [1.54, 1.807) is 19.4 Å². The van der Waals surface area contributed by atoms with Gasteiger partial charge >= 0.3 is 0 Å². The summed E-state index contributed by atoms with van der Waals surface area (Å²) >= 11 is 0. The highest BCUT2D eigenvalue weighted by molar-refractivity contribution is 5.86. The standard InChI is InChI=1S/C34H33FN2O2/c1-37(2)20-19-34(38,31-18-10-14-24-11-7-8-17-29(24)31)32(25-12-5-4-6-13-25)30-22-27(23-36-33(30)39-3)26-15-9-16-28(35)21-26/h4-18,21-23,32,38H,19-20H2,1-3H3.